The summed E-state index contributed by atoms with van der Waals surface area (Å²) in [7, 11) is 0. The average molecular weight is 263 g/mol. The van der Waals surface area contributed by atoms with Gasteiger partial charge in [0, 0.05) is 18.2 Å². The summed E-state index contributed by atoms with van der Waals surface area (Å²) in [5.41, 5.74) is 0.293. The Balaban J connectivity index is 1.87. The number of benzene rings is 1. The smallest absolute Gasteiger partial charge is 0.251 e. The molecule has 2 rings (SSSR count). The third kappa shape index (κ3) is 3.88. The van der Waals surface area contributed by atoms with Gasteiger partial charge in [-0.05, 0) is 36.8 Å². The first-order chi connectivity index (χ1) is 9.04. The van der Waals surface area contributed by atoms with E-state index >= 15 is 0 Å². The number of hydrogen-bond donors (Lipinski definition) is 3. The number of rotatable bonds is 3. The maximum absolute atomic E-state index is 11.9. The van der Waals surface area contributed by atoms with Crippen LogP contribution in [0, 0.1) is 11.8 Å². The minimum Gasteiger partial charge on any atom is -0.508 e. The highest BCUT2D eigenvalue weighted by Crippen LogP contribution is 2.27. The molecule has 1 aliphatic carbocycles. The summed E-state index contributed by atoms with van der Waals surface area (Å²) in [4.78, 5) is 11.9. The summed E-state index contributed by atoms with van der Waals surface area (Å²) in [6, 6.07) is 3.93. The van der Waals surface area contributed by atoms with E-state index in [-0.39, 0.29) is 17.4 Å². The Hall–Kier alpha value is -1.71. The largest absolute Gasteiger partial charge is 0.508 e. The number of amides is 1. The van der Waals surface area contributed by atoms with E-state index in [1.54, 1.807) is 0 Å². The molecule has 0 heterocycles. The average Bonchev–Trinajstić information content (AvgIpc) is 2.36. The van der Waals surface area contributed by atoms with Gasteiger partial charge in [-0.3, -0.25) is 4.79 Å². The van der Waals surface area contributed by atoms with E-state index in [1.165, 1.54) is 31.0 Å². The van der Waals surface area contributed by atoms with Crippen molar-refractivity contribution in [1.82, 2.24) is 5.32 Å². The van der Waals surface area contributed by atoms with Crippen LogP contribution in [0.2, 0.25) is 0 Å². The van der Waals surface area contributed by atoms with Crippen molar-refractivity contribution in [2.75, 3.05) is 6.54 Å². The molecular weight excluding hydrogens is 242 g/mol. The first-order valence-electron chi connectivity index (χ1n) is 6.86. The monoisotopic (exact) mass is 263 g/mol. The molecule has 0 spiro atoms. The Morgan fingerprint density at radius 1 is 1.16 bits per heavy atom. The third-order valence-electron chi connectivity index (χ3n) is 3.85. The van der Waals surface area contributed by atoms with E-state index in [0.29, 0.717) is 18.0 Å². The predicted octanol–water partition coefficient (Wildman–Crippen LogP) is 2.65. The zero-order valence-corrected chi connectivity index (χ0v) is 11.2. The summed E-state index contributed by atoms with van der Waals surface area (Å²) in [5, 5.41) is 21.6. The Kier molecular flexibility index (Phi) is 4.30. The highest BCUT2D eigenvalue weighted by Gasteiger charge is 2.19. The molecule has 0 saturated heterocycles. The Morgan fingerprint density at radius 3 is 2.32 bits per heavy atom. The number of phenolic OH excluding ortho intramolecular Hbond substituents is 2. The quantitative estimate of drug-likeness (QED) is 0.785. The van der Waals surface area contributed by atoms with Crippen molar-refractivity contribution in [3.8, 4) is 11.5 Å². The molecule has 104 valence electrons. The molecule has 1 amide bonds. The highest BCUT2D eigenvalue weighted by molar-refractivity contribution is 5.95. The van der Waals surface area contributed by atoms with Crippen LogP contribution in [0.25, 0.3) is 0 Å². The number of nitrogens with one attached hydrogen (secondary N) is 1. The SMILES string of the molecule is CC1CCC(CNC(=O)c2cc(O)cc(O)c2)CC1. The second-order valence-electron chi connectivity index (χ2n) is 5.57. The molecule has 3 N–H and O–H groups in total. The van der Waals surface area contributed by atoms with Crippen molar-refractivity contribution in [3.05, 3.63) is 23.8 Å². The van der Waals surface area contributed by atoms with Crippen molar-refractivity contribution >= 4 is 5.91 Å². The molecule has 0 radical (unpaired) electrons. The fourth-order valence-electron chi connectivity index (χ4n) is 2.60. The number of hydrogen-bond acceptors (Lipinski definition) is 3. The summed E-state index contributed by atoms with van der Waals surface area (Å²) in [6.45, 7) is 2.94. The molecule has 1 aromatic rings. The maximum Gasteiger partial charge on any atom is 0.251 e. The van der Waals surface area contributed by atoms with Crippen molar-refractivity contribution in [1.29, 1.82) is 0 Å². The van der Waals surface area contributed by atoms with E-state index in [2.05, 4.69) is 12.2 Å². The van der Waals surface area contributed by atoms with Crippen molar-refractivity contribution < 1.29 is 15.0 Å². The molecule has 1 aromatic carbocycles. The predicted molar refractivity (Wildman–Crippen MR) is 73.2 cm³/mol. The van der Waals surface area contributed by atoms with Crippen LogP contribution < -0.4 is 5.32 Å². The van der Waals surface area contributed by atoms with Gasteiger partial charge in [-0.25, -0.2) is 0 Å². The number of carbonyl (C=O) groups excluding carboxylic acids is 1. The lowest BCUT2D eigenvalue weighted by molar-refractivity contribution is 0.0941. The van der Waals surface area contributed by atoms with Crippen LogP contribution in [-0.4, -0.2) is 22.7 Å². The molecule has 0 bridgehead atoms. The van der Waals surface area contributed by atoms with Gasteiger partial charge in [-0.2, -0.15) is 0 Å². The van der Waals surface area contributed by atoms with Gasteiger partial charge in [-0.15, -0.1) is 0 Å². The van der Waals surface area contributed by atoms with E-state index in [4.69, 9.17) is 0 Å². The van der Waals surface area contributed by atoms with E-state index < -0.39 is 0 Å². The molecule has 0 aromatic heterocycles. The van der Waals surface area contributed by atoms with Gasteiger partial charge in [0.25, 0.3) is 5.91 Å². The molecule has 4 heteroatoms. The normalized spacial score (nSPS) is 23.0. The minimum absolute atomic E-state index is 0.100. The zero-order chi connectivity index (χ0) is 13.8. The molecule has 4 nitrogen and oxygen atoms in total. The lowest BCUT2D eigenvalue weighted by Crippen LogP contribution is -2.31. The Bertz CT molecular complexity index is 430. The highest BCUT2D eigenvalue weighted by atomic mass is 16.3. The maximum atomic E-state index is 11.9. The van der Waals surface area contributed by atoms with Gasteiger partial charge < -0.3 is 15.5 Å². The van der Waals surface area contributed by atoms with Crippen LogP contribution in [0.3, 0.4) is 0 Å². The van der Waals surface area contributed by atoms with Crippen LogP contribution in [0.15, 0.2) is 18.2 Å². The van der Waals surface area contributed by atoms with Crippen molar-refractivity contribution in [3.63, 3.8) is 0 Å². The molecule has 0 unspecified atom stereocenters. The van der Waals surface area contributed by atoms with Gasteiger partial charge in [0.1, 0.15) is 11.5 Å². The summed E-state index contributed by atoms with van der Waals surface area (Å²) >= 11 is 0. The van der Waals surface area contributed by atoms with E-state index in [0.717, 1.165) is 18.8 Å². The topological polar surface area (TPSA) is 69.6 Å². The number of phenols is 2. The van der Waals surface area contributed by atoms with Crippen molar-refractivity contribution in [2.24, 2.45) is 11.8 Å². The van der Waals surface area contributed by atoms with Crippen LogP contribution in [0.4, 0.5) is 0 Å². The lowest BCUT2D eigenvalue weighted by Gasteiger charge is -2.26. The molecule has 0 atom stereocenters. The second-order valence-corrected chi connectivity index (χ2v) is 5.57. The van der Waals surface area contributed by atoms with Crippen molar-refractivity contribution in [2.45, 2.75) is 32.6 Å². The lowest BCUT2D eigenvalue weighted by atomic mass is 9.83. The Labute approximate surface area is 113 Å². The minimum atomic E-state index is -0.246. The van der Waals surface area contributed by atoms with E-state index in [1.807, 2.05) is 0 Å². The first-order valence-corrected chi connectivity index (χ1v) is 6.86. The van der Waals surface area contributed by atoms with Crippen LogP contribution in [0.5, 0.6) is 11.5 Å². The van der Waals surface area contributed by atoms with Gasteiger partial charge in [0.2, 0.25) is 0 Å². The third-order valence-corrected chi connectivity index (χ3v) is 3.85. The fourth-order valence-corrected chi connectivity index (χ4v) is 2.60. The summed E-state index contributed by atoms with van der Waals surface area (Å²) in [5.74, 6) is 0.902. The molecule has 19 heavy (non-hydrogen) atoms. The molecule has 1 saturated carbocycles. The fraction of sp³-hybridized carbons (Fsp3) is 0.533. The molecule has 1 fully saturated rings. The summed E-state index contributed by atoms with van der Waals surface area (Å²) in [6.07, 6.45) is 4.78. The molecule has 1 aliphatic rings. The number of aromatic hydroxyl groups is 2. The van der Waals surface area contributed by atoms with E-state index in [9.17, 15) is 15.0 Å². The van der Waals surface area contributed by atoms with Crippen LogP contribution >= 0.6 is 0 Å². The standard InChI is InChI=1S/C15H21NO3/c1-10-2-4-11(5-3-10)9-16-15(19)12-6-13(17)8-14(18)7-12/h6-8,10-11,17-18H,2-5,9H2,1H3,(H,16,19). The number of carbonyl (C=O) groups is 1. The van der Waals surface area contributed by atoms with Gasteiger partial charge in [0.05, 0.1) is 0 Å². The first kappa shape index (κ1) is 13.7. The van der Waals surface area contributed by atoms with Gasteiger partial charge in [0.15, 0.2) is 0 Å². The summed E-state index contributed by atoms with van der Waals surface area (Å²) < 4.78 is 0. The molecular formula is C15H21NO3. The zero-order valence-electron chi connectivity index (χ0n) is 11.2. The van der Waals surface area contributed by atoms with Gasteiger partial charge >= 0.3 is 0 Å². The van der Waals surface area contributed by atoms with Crippen LogP contribution in [0.1, 0.15) is 43.0 Å². The van der Waals surface area contributed by atoms with Crippen LogP contribution in [-0.2, 0) is 0 Å². The molecule has 0 aliphatic heterocycles. The second kappa shape index (κ2) is 5.95. The Morgan fingerprint density at radius 2 is 1.74 bits per heavy atom. The van der Waals surface area contributed by atoms with Gasteiger partial charge in [-0.1, -0.05) is 19.8 Å².